The first-order chi connectivity index (χ1) is 12.9. The molecule has 1 saturated heterocycles. The van der Waals surface area contributed by atoms with Gasteiger partial charge in [-0.2, -0.15) is 10.3 Å². The molecular formula is C18H20N4O4S. The first-order valence-corrected chi connectivity index (χ1v) is 9.12. The summed E-state index contributed by atoms with van der Waals surface area (Å²) in [7, 11) is 3.06. The summed E-state index contributed by atoms with van der Waals surface area (Å²) in [6.07, 6.45) is 0.0992. The number of hydrogen-bond acceptors (Lipinski definition) is 6. The predicted molar refractivity (Wildman–Crippen MR) is 101 cm³/mol. The van der Waals surface area contributed by atoms with Crippen LogP contribution >= 0.6 is 11.8 Å². The summed E-state index contributed by atoms with van der Waals surface area (Å²) < 4.78 is 4.53. The second-order valence-electron chi connectivity index (χ2n) is 5.90. The molecule has 8 nitrogen and oxygen atoms in total. The Balaban J connectivity index is 2.03. The molecule has 1 aromatic rings. The second-order valence-corrected chi connectivity index (χ2v) is 7.00. The van der Waals surface area contributed by atoms with Crippen molar-refractivity contribution in [3.8, 4) is 6.07 Å². The second kappa shape index (κ2) is 9.19. The number of amides is 2. The molecule has 9 heteroatoms. The third-order valence-corrected chi connectivity index (χ3v) is 5.61. The van der Waals surface area contributed by atoms with Crippen LogP contribution in [-0.4, -0.2) is 59.8 Å². The number of aliphatic imine (C=N–C) groups is 1. The van der Waals surface area contributed by atoms with Crippen molar-refractivity contribution in [3.63, 3.8) is 0 Å². The smallest absolute Gasteiger partial charge is 0.307 e. The van der Waals surface area contributed by atoms with Gasteiger partial charge in [-0.05, 0) is 31.2 Å². The third-order valence-electron chi connectivity index (χ3n) is 4.16. The molecule has 142 valence electrons. The van der Waals surface area contributed by atoms with Gasteiger partial charge in [-0.15, -0.1) is 0 Å². The fourth-order valence-corrected chi connectivity index (χ4v) is 3.64. The van der Waals surface area contributed by atoms with E-state index < -0.39 is 17.1 Å². The standard InChI is InChI=1S/C18H20N4O4S/c1-11-15(17(25)20-9-8-14(23)26-3)27-18(22(11)2)21-16(24)13-6-4-12(10-19)5-7-13/h4-7,11,15H,8-9H2,1-3H3,(H,20,25). The van der Waals surface area contributed by atoms with Crippen molar-refractivity contribution in [2.24, 2.45) is 4.99 Å². The maximum atomic E-state index is 12.4. The molecule has 0 saturated carbocycles. The largest absolute Gasteiger partial charge is 0.469 e. The Kier molecular flexibility index (Phi) is 6.96. The van der Waals surface area contributed by atoms with Gasteiger partial charge in [-0.25, -0.2) is 0 Å². The highest BCUT2D eigenvalue weighted by Crippen LogP contribution is 2.30. The van der Waals surface area contributed by atoms with Crippen LogP contribution in [0, 0.1) is 11.3 Å². The van der Waals surface area contributed by atoms with E-state index in [1.54, 1.807) is 36.2 Å². The number of carbonyl (C=O) groups is 3. The van der Waals surface area contributed by atoms with Crippen LogP contribution in [0.3, 0.4) is 0 Å². The summed E-state index contributed by atoms with van der Waals surface area (Å²) in [4.78, 5) is 41.7. The Morgan fingerprint density at radius 1 is 1.33 bits per heavy atom. The van der Waals surface area contributed by atoms with Crippen LogP contribution in [0.15, 0.2) is 29.3 Å². The summed E-state index contributed by atoms with van der Waals surface area (Å²) in [6.45, 7) is 2.06. The summed E-state index contributed by atoms with van der Waals surface area (Å²) in [5.41, 5.74) is 0.831. The molecule has 2 amide bonds. The number of ether oxygens (including phenoxy) is 1. The molecule has 2 rings (SSSR count). The minimum absolute atomic E-state index is 0.0992. The van der Waals surface area contributed by atoms with Gasteiger partial charge in [0.05, 0.1) is 25.2 Å². The van der Waals surface area contributed by atoms with E-state index in [0.29, 0.717) is 16.3 Å². The van der Waals surface area contributed by atoms with Gasteiger partial charge >= 0.3 is 5.97 Å². The number of rotatable bonds is 5. The van der Waals surface area contributed by atoms with Gasteiger partial charge < -0.3 is 15.0 Å². The van der Waals surface area contributed by atoms with Crippen LogP contribution in [0.25, 0.3) is 0 Å². The fourth-order valence-electron chi connectivity index (χ4n) is 2.38. The molecule has 2 atom stereocenters. The average molecular weight is 388 g/mol. The number of esters is 1. The van der Waals surface area contributed by atoms with Gasteiger partial charge in [0.25, 0.3) is 5.91 Å². The van der Waals surface area contributed by atoms with Crippen LogP contribution in [-0.2, 0) is 14.3 Å². The van der Waals surface area contributed by atoms with Crippen molar-refractivity contribution in [1.29, 1.82) is 5.26 Å². The normalized spacial score (nSPS) is 20.2. The molecule has 0 spiro atoms. The molecule has 0 radical (unpaired) electrons. The average Bonchev–Trinajstić information content (AvgIpc) is 2.96. The van der Waals surface area contributed by atoms with E-state index in [1.165, 1.54) is 18.9 Å². The van der Waals surface area contributed by atoms with Gasteiger partial charge in [0.15, 0.2) is 5.17 Å². The van der Waals surface area contributed by atoms with Gasteiger partial charge in [0.1, 0.15) is 5.25 Å². The third kappa shape index (κ3) is 5.08. The highest BCUT2D eigenvalue weighted by Gasteiger charge is 2.39. The van der Waals surface area contributed by atoms with Crippen LogP contribution in [0.1, 0.15) is 29.3 Å². The number of hydrogen-bond donors (Lipinski definition) is 1. The number of methoxy groups -OCH3 is 1. The first-order valence-electron chi connectivity index (χ1n) is 8.24. The number of amidine groups is 1. The highest BCUT2D eigenvalue weighted by molar-refractivity contribution is 8.15. The number of nitrogens with one attached hydrogen (secondary N) is 1. The molecule has 1 aliphatic heterocycles. The molecule has 0 aromatic heterocycles. The lowest BCUT2D eigenvalue weighted by Gasteiger charge is -2.19. The van der Waals surface area contributed by atoms with Crippen molar-refractivity contribution >= 4 is 34.7 Å². The molecule has 0 bridgehead atoms. The summed E-state index contributed by atoms with van der Waals surface area (Å²) >= 11 is 1.20. The Morgan fingerprint density at radius 3 is 2.59 bits per heavy atom. The van der Waals surface area contributed by atoms with Crippen molar-refractivity contribution < 1.29 is 19.1 Å². The van der Waals surface area contributed by atoms with E-state index in [1.807, 2.05) is 13.0 Å². The van der Waals surface area contributed by atoms with Gasteiger partial charge in [0.2, 0.25) is 5.91 Å². The summed E-state index contributed by atoms with van der Waals surface area (Å²) in [5.74, 6) is -1.05. The van der Waals surface area contributed by atoms with Crippen molar-refractivity contribution in [3.05, 3.63) is 35.4 Å². The lowest BCUT2D eigenvalue weighted by atomic mass is 10.1. The zero-order chi connectivity index (χ0) is 20.0. The van der Waals surface area contributed by atoms with E-state index in [0.717, 1.165) is 0 Å². The van der Waals surface area contributed by atoms with Crippen molar-refractivity contribution in [2.75, 3.05) is 20.7 Å². The maximum absolute atomic E-state index is 12.4. The Labute approximate surface area is 161 Å². The van der Waals surface area contributed by atoms with E-state index >= 15 is 0 Å². The number of nitrogens with zero attached hydrogens (tertiary/aromatic N) is 3. The molecule has 1 heterocycles. The predicted octanol–water partition coefficient (Wildman–Crippen LogP) is 1.17. The van der Waals surface area contributed by atoms with Crippen molar-refractivity contribution in [2.45, 2.75) is 24.6 Å². The fraction of sp³-hybridized carbons (Fsp3) is 0.389. The molecule has 27 heavy (non-hydrogen) atoms. The van der Waals surface area contributed by atoms with Crippen molar-refractivity contribution in [1.82, 2.24) is 10.2 Å². The Morgan fingerprint density at radius 2 is 2.00 bits per heavy atom. The van der Waals surface area contributed by atoms with Crippen LogP contribution in [0.5, 0.6) is 0 Å². The van der Waals surface area contributed by atoms with Gasteiger partial charge in [0, 0.05) is 25.2 Å². The number of nitriles is 1. The van der Waals surface area contributed by atoms with Crippen LogP contribution < -0.4 is 5.32 Å². The van der Waals surface area contributed by atoms with Crippen LogP contribution in [0.4, 0.5) is 0 Å². The summed E-state index contributed by atoms with van der Waals surface area (Å²) in [6, 6.07) is 8.03. The first kappa shape index (κ1) is 20.5. The topological polar surface area (TPSA) is 112 Å². The molecule has 1 aliphatic rings. The molecule has 2 unspecified atom stereocenters. The number of thioether (sulfide) groups is 1. The Hall–Kier alpha value is -2.86. The van der Waals surface area contributed by atoms with Crippen LogP contribution in [0.2, 0.25) is 0 Å². The van der Waals surface area contributed by atoms with E-state index in [4.69, 9.17) is 5.26 Å². The highest BCUT2D eigenvalue weighted by atomic mass is 32.2. The van der Waals surface area contributed by atoms with E-state index in [2.05, 4.69) is 15.0 Å². The number of benzene rings is 1. The quantitative estimate of drug-likeness (QED) is 0.754. The molecule has 1 fully saturated rings. The summed E-state index contributed by atoms with van der Waals surface area (Å²) in [5, 5.41) is 11.5. The SMILES string of the molecule is COC(=O)CCNC(=O)C1SC(=NC(=O)c2ccc(C#N)cc2)N(C)C1C. The zero-order valence-corrected chi connectivity index (χ0v) is 16.1. The zero-order valence-electron chi connectivity index (χ0n) is 15.3. The van der Waals surface area contributed by atoms with Gasteiger partial charge in [-0.1, -0.05) is 11.8 Å². The lowest BCUT2D eigenvalue weighted by Crippen LogP contribution is -2.41. The molecule has 1 N–H and O–H groups in total. The Bertz CT molecular complexity index is 801. The monoisotopic (exact) mass is 388 g/mol. The maximum Gasteiger partial charge on any atom is 0.307 e. The minimum Gasteiger partial charge on any atom is -0.469 e. The van der Waals surface area contributed by atoms with E-state index in [-0.39, 0.29) is 24.9 Å². The number of carbonyl (C=O) groups excluding carboxylic acids is 3. The molecule has 1 aromatic carbocycles. The van der Waals surface area contributed by atoms with Gasteiger partial charge in [-0.3, -0.25) is 14.4 Å². The molecule has 0 aliphatic carbocycles. The lowest BCUT2D eigenvalue weighted by molar-refractivity contribution is -0.140. The van der Waals surface area contributed by atoms with E-state index in [9.17, 15) is 14.4 Å². The molecular weight excluding hydrogens is 368 g/mol. The minimum atomic E-state index is -0.444.